The van der Waals surface area contributed by atoms with Crippen molar-refractivity contribution in [2.75, 3.05) is 11.6 Å². The van der Waals surface area contributed by atoms with Crippen LogP contribution in [-0.4, -0.2) is 18.0 Å². The first kappa shape index (κ1) is 16.6. The molecule has 3 aromatic carbocycles. The SMILES string of the molecule is Clc1ccc2cc1C2.O=C1CN(c2ccccc2)N=C1c1ccccc1. The first-order chi connectivity index (χ1) is 12.7. The van der Waals surface area contributed by atoms with Crippen molar-refractivity contribution in [2.45, 2.75) is 6.42 Å². The van der Waals surface area contributed by atoms with E-state index in [-0.39, 0.29) is 5.78 Å². The van der Waals surface area contributed by atoms with Gasteiger partial charge >= 0.3 is 0 Å². The summed E-state index contributed by atoms with van der Waals surface area (Å²) in [7, 11) is 0. The summed E-state index contributed by atoms with van der Waals surface area (Å²) in [5.74, 6) is 0.0602. The number of halogens is 1. The molecule has 1 heterocycles. The Bertz CT molecular complexity index is 959. The van der Waals surface area contributed by atoms with Gasteiger partial charge < -0.3 is 0 Å². The van der Waals surface area contributed by atoms with Crippen molar-refractivity contribution in [1.29, 1.82) is 0 Å². The van der Waals surface area contributed by atoms with Gasteiger partial charge in [0.05, 0.1) is 5.69 Å². The predicted octanol–water partition coefficient (Wildman–Crippen LogP) is 4.72. The lowest BCUT2D eigenvalue weighted by atomic mass is 9.94. The van der Waals surface area contributed by atoms with Crippen molar-refractivity contribution in [3.05, 3.63) is 101 Å². The minimum absolute atomic E-state index is 0.0602. The van der Waals surface area contributed by atoms with Gasteiger partial charge in [-0.1, -0.05) is 72.3 Å². The van der Waals surface area contributed by atoms with Crippen LogP contribution in [0.3, 0.4) is 0 Å². The Labute approximate surface area is 157 Å². The lowest BCUT2D eigenvalue weighted by molar-refractivity contribution is -0.111. The molecule has 0 spiro atoms. The molecule has 4 heteroatoms. The van der Waals surface area contributed by atoms with Gasteiger partial charge in [-0.2, -0.15) is 5.10 Å². The summed E-state index contributed by atoms with van der Waals surface area (Å²) in [4.78, 5) is 12.0. The molecule has 3 nitrogen and oxygen atoms in total. The fourth-order valence-corrected chi connectivity index (χ4v) is 3.13. The zero-order chi connectivity index (χ0) is 17.9. The van der Waals surface area contributed by atoms with Crippen LogP contribution < -0.4 is 5.01 Å². The number of hydrogen-bond acceptors (Lipinski definition) is 3. The van der Waals surface area contributed by atoms with Gasteiger partial charge in [-0.05, 0) is 35.7 Å². The third kappa shape index (κ3) is 3.39. The van der Waals surface area contributed by atoms with Gasteiger partial charge in [0, 0.05) is 10.6 Å². The number of hydrazone groups is 1. The Kier molecular flexibility index (Phi) is 4.55. The molecule has 0 fully saturated rings. The fraction of sp³-hybridized carbons (Fsp3) is 0.0909. The average Bonchev–Trinajstić information content (AvgIpc) is 3.05. The van der Waals surface area contributed by atoms with E-state index in [2.05, 4.69) is 17.2 Å². The second-order valence-electron chi connectivity index (χ2n) is 6.23. The molecule has 0 atom stereocenters. The van der Waals surface area contributed by atoms with E-state index < -0.39 is 0 Å². The molecular formula is C22H17ClN2O. The van der Waals surface area contributed by atoms with Crippen LogP contribution in [0, 0.1) is 0 Å². The first-order valence-electron chi connectivity index (χ1n) is 8.48. The molecule has 3 aliphatic rings. The Balaban J connectivity index is 0.000000174. The van der Waals surface area contributed by atoms with Gasteiger partial charge in [0.15, 0.2) is 0 Å². The molecular weight excluding hydrogens is 344 g/mol. The molecule has 0 saturated carbocycles. The summed E-state index contributed by atoms with van der Waals surface area (Å²) >= 11 is 5.75. The Morgan fingerprint density at radius 2 is 1.54 bits per heavy atom. The van der Waals surface area contributed by atoms with Gasteiger partial charge in [-0.15, -0.1) is 0 Å². The third-order valence-corrected chi connectivity index (χ3v) is 4.75. The van der Waals surface area contributed by atoms with Crippen molar-refractivity contribution in [1.82, 2.24) is 0 Å². The number of nitrogens with zero attached hydrogens (tertiary/aromatic N) is 2. The molecule has 0 unspecified atom stereocenters. The lowest BCUT2D eigenvalue weighted by Crippen LogP contribution is -2.18. The van der Waals surface area contributed by atoms with Crippen LogP contribution in [0.1, 0.15) is 16.7 Å². The van der Waals surface area contributed by atoms with Crippen LogP contribution in [0.5, 0.6) is 0 Å². The first-order valence-corrected chi connectivity index (χ1v) is 8.85. The number of carbonyl (C=O) groups excluding carboxylic acids is 1. The summed E-state index contributed by atoms with van der Waals surface area (Å²) < 4.78 is 0. The Morgan fingerprint density at radius 3 is 2.08 bits per heavy atom. The number of hydrogen-bond donors (Lipinski definition) is 0. The molecule has 0 aromatic heterocycles. The predicted molar refractivity (Wildman–Crippen MR) is 106 cm³/mol. The molecule has 2 aliphatic carbocycles. The molecule has 0 amide bonds. The summed E-state index contributed by atoms with van der Waals surface area (Å²) in [5, 5.41) is 7.07. The molecule has 128 valence electrons. The number of fused-ring (bicyclic) bond motifs is 2. The van der Waals surface area contributed by atoms with Gasteiger partial charge in [-0.25, -0.2) is 0 Å². The van der Waals surface area contributed by atoms with Gasteiger partial charge in [0.2, 0.25) is 5.78 Å². The van der Waals surface area contributed by atoms with E-state index in [1.807, 2.05) is 66.7 Å². The number of benzene rings is 3. The zero-order valence-corrected chi connectivity index (χ0v) is 14.9. The van der Waals surface area contributed by atoms with Crippen molar-refractivity contribution < 1.29 is 4.79 Å². The smallest absolute Gasteiger partial charge is 0.205 e. The quantitative estimate of drug-likeness (QED) is 0.518. The topological polar surface area (TPSA) is 32.7 Å². The second-order valence-corrected chi connectivity index (χ2v) is 6.64. The molecule has 6 rings (SSSR count). The van der Waals surface area contributed by atoms with Crippen LogP contribution in [-0.2, 0) is 11.2 Å². The molecule has 2 bridgehead atoms. The lowest BCUT2D eigenvalue weighted by Gasteiger charge is -2.14. The summed E-state index contributed by atoms with van der Waals surface area (Å²) in [5.41, 5.74) is 5.06. The highest BCUT2D eigenvalue weighted by Crippen LogP contribution is 2.28. The van der Waals surface area contributed by atoms with Crippen LogP contribution in [0.25, 0.3) is 0 Å². The molecule has 26 heavy (non-hydrogen) atoms. The summed E-state index contributed by atoms with van der Waals surface area (Å²) in [6.45, 7) is 0.314. The van der Waals surface area contributed by atoms with Crippen LogP contribution in [0.2, 0.25) is 5.02 Å². The minimum Gasteiger partial charge on any atom is -0.290 e. The van der Waals surface area contributed by atoms with Crippen molar-refractivity contribution in [3.8, 4) is 0 Å². The molecule has 1 aliphatic heterocycles. The van der Waals surface area contributed by atoms with Crippen LogP contribution >= 0.6 is 11.6 Å². The van der Waals surface area contributed by atoms with Crippen molar-refractivity contribution in [2.24, 2.45) is 5.10 Å². The summed E-state index contributed by atoms with van der Waals surface area (Å²) in [6.07, 6.45) is 1.09. The average molecular weight is 361 g/mol. The standard InChI is InChI=1S/C15H12N2O.C7H5Cl/c18-14-11-17(13-9-5-2-6-10-13)16-15(14)12-7-3-1-4-8-12;8-7-2-1-5-3-6(7)4-5/h1-10H,11H2;1-3H,4H2. The van der Waals surface area contributed by atoms with Crippen LogP contribution in [0.4, 0.5) is 5.69 Å². The van der Waals surface area contributed by atoms with Gasteiger partial charge in [-0.3, -0.25) is 9.80 Å². The fourth-order valence-electron chi connectivity index (χ4n) is 2.95. The molecule has 3 aromatic rings. The molecule has 0 radical (unpaired) electrons. The maximum atomic E-state index is 12.0. The van der Waals surface area contributed by atoms with Gasteiger partial charge in [0.1, 0.15) is 12.3 Å². The van der Waals surface area contributed by atoms with Crippen molar-refractivity contribution >= 4 is 28.8 Å². The number of ketones is 1. The molecule has 0 N–H and O–H groups in total. The maximum Gasteiger partial charge on any atom is 0.205 e. The van der Waals surface area contributed by atoms with E-state index in [1.54, 1.807) is 5.01 Å². The normalized spacial score (nSPS) is 14.3. The van der Waals surface area contributed by atoms with E-state index >= 15 is 0 Å². The highest BCUT2D eigenvalue weighted by Gasteiger charge is 2.25. The van der Waals surface area contributed by atoms with E-state index in [1.165, 1.54) is 11.1 Å². The number of carbonyl (C=O) groups is 1. The van der Waals surface area contributed by atoms with E-state index in [0.29, 0.717) is 12.3 Å². The van der Waals surface area contributed by atoms with E-state index in [9.17, 15) is 4.79 Å². The number of Topliss-reactive ketones (excluding diaryl/α,β-unsaturated/α-hetero) is 1. The molecule has 0 saturated heterocycles. The van der Waals surface area contributed by atoms with E-state index in [0.717, 1.165) is 22.7 Å². The number of rotatable bonds is 2. The maximum absolute atomic E-state index is 12.0. The van der Waals surface area contributed by atoms with Gasteiger partial charge in [0.25, 0.3) is 0 Å². The largest absolute Gasteiger partial charge is 0.290 e. The third-order valence-electron chi connectivity index (χ3n) is 4.38. The van der Waals surface area contributed by atoms with Crippen molar-refractivity contribution in [3.63, 3.8) is 0 Å². The Hall–Kier alpha value is -2.91. The van der Waals surface area contributed by atoms with E-state index in [4.69, 9.17) is 11.6 Å². The zero-order valence-electron chi connectivity index (χ0n) is 14.1. The number of anilines is 1. The second kappa shape index (κ2) is 7.14. The highest BCUT2D eigenvalue weighted by atomic mass is 35.5. The minimum atomic E-state index is 0.0602. The highest BCUT2D eigenvalue weighted by molar-refractivity contribution is 6.48. The monoisotopic (exact) mass is 360 g/mol. The summed E-state index contributed by atoms with van der Waals surface area (Å²) in [6, 6.07) is 25.4. The van der Waals surface area contributed by atoms with Crippen LogP contribution in [0.15, 0.2) is 84.0 Å². The Morgan fingerprint density at radius 1 is 0.885 bits per heavy atom. The number of para-hydroxylation sites is 1.